The minimum atomic E-state index is 0.896. The van der Waals surface area contributed by atoms with Gasteiger partial charge in [-0.15, -0.1) is 0 Å². The van der Waals surface area contributed by atoms with E-state index in [0.29, 0.717) is 0 Å². The first-order valence-corrected chi connectivity index (χ1v) is 5.82. The maximum Gasteiger partial charge on any atom is 0.0364 e. The quantitative estimate of drug-likeness (QED) is 0.730. The number of rotatable bonds is 5. The third-order valence-electron chi connectivity index (χ3n) is 2.35. The molecular formula is C12H19NS. The second kappa shape index (κ2) is 5.97. The van der Waals surface area contributed by atoms with Crippen LogP contribution in [-0.2, 0) is 6.42 Å². The zero-order valence-corrected chi connectivity index (χ0v) is 9.93. The van der Waals surface area contributed by atoms with E-state index in [1.807, 2.05) is 0 Å². The lowest BCUT2D eigenvalue weighted by atomic mass is 10.1. The van der Waals surface area contributed by atoms with Crippen LogP contribution in [0.1, 0.15) is 18.9 Å². The van der Waals surface area contributed by atoms with E-state index in [4.69, 9.17) is 0 Å². The van der Waals surface area contributed by atoms with Gasteiger partial charge in [-0.3, -0.25) is 0 Å². The summed E-state index contributed by atoms with van der Waals surface area (Å²) in [5.74, 6) is 0.896. The second-order valence-electron chi connectivity index (χ2n) is 3.56. The van der Waals surface area contributed by atoms with Crippen LogP contribution in [0.4, 0.5) is 5.69 Å². The van der Waals surface area contributed by atoms with Crippen molar-refractivity contribution in [1.29, 1.82) is 0 Å². The van der Waals surface area contributed by atoms with E-state index >= 15 is 0 Å². The van der Waals surface area contributed by atoms with Crippen molar-refractivity contribution in [1.82, 2.24) is 0 Å². The average Bonchev–Trinajstić information content (AvgIpc) is 2.20. The number of thiol groups is 1. The molecule has 0 spiro atoms. The van der Waals surface area contributed by atoms with Crippen LogP contribution >= 0.6 is 12.6 Å². The normalized spacial score (nSPS) is 10.2. The first kappa shape index (κ1) is 11.4. The first-order chi connectivity index (χ1) is 6.77. The molecule has 0 radical (unpaired) electrons. The van der Waals surface area contributed by atoms with Gasteiger partial charge < -0.3 is 4.90 Å². The topological polar surface area (TPSA) is 3.24 Å². The molecule has 0 N–H and O–H groups in total. The summed E-state index contributed by atoms with van der Waals surface area (Å²) in [5, 5.41) is 0. The van der Waals surface area contributed by atoms with Crippen molar-refractivity contribution >= 4 is 18.3 Å². The number of nitrogens with zero attached hydrogens (tertiary/aromatic N) is 1. The predicted octanol–water partition coefficient (Wildman–Crippen LogP) is 3.01. The van der Waals surface area contributed by atoms with Crippen molar-refractivity contribution in [3.63, 3.8) is 0 Å². The first-order valence-electron chi connectivity index (χ1n) is 5.19. The van der Waals surface area contributed by atoms with Crippen molar-refractivity contribution in [2.45, 2.75) is 19.8 Å². The summed E-state index contributed by atoms with van der Waals surface area (Å²) in [5.41, 5.74) is 2.70. The van der Waals surface area contributed by atoms with Gasteiger partial charge in [-0.05, 0) is 24.1 Å². The standard InChI is InChI=1S/C12H19NS/c1-3-4-11-5-7-12(8-6-11)13(2)9-10-14/h5-8,14H,3-4,9-10H2,1-2H3. The molecule has 0 aliphatic rings. The van der Waals surface area contributed by atoms with Crippen molar-refractivity contribution in [3.8, 4) is 0 Å². The van der Waals surface area contributed by atoms with Gasteiger partial charge in [0.1, 0.15) is 0 Å². The molecular weight excluding hydrogens is 190 g/mol. The van der Waals surface area contributed by atoms with Crippen LogP contribution in [0.5, 0.6) is 0 Å². The Bertz CT molecular complexity index is 256. The van der Waals surface area contributed by atoms with Gasteiger partial charge >= 0.3 is 0 Å². The summed E-state index contributed by atoms with van der Waals surface area (Å²) in [7, 11) is 2.10. The number of anilines is 1. The predicted molar refractivity (Wildman–Crippen MR) is 67.6 cm³/mol. The van der Waals surface area contributed by atoms with Gasteiger partial charge in [-0.2, -0.15) is 12.6 Å². The smallest absolute Gasteiger partial charge is 0.0364 e. The van der Waals surface area contributed by atoms with Crippen LogP contribution in [0.2, 0.25) is 0 Å². The van der Waals surface area contributed by atoms with Gasteiger partial charge in [-0.25, -0.2) is 0 Å². The van der Waals surface area contributed by atoms with Gasteiger partial charge in [0.25, 0.3) is 0 Å². The average molecular weight is 209 g/mol. The summed E-state index contributed by atoms with van der Waals surface area (Å²) in [6, 6.07) is 8.81. The highest BCUT2D eigenvalue weighted by atomic mass is 32.1. The van der Waals surface area contributed by atoms with Crippen molar-refractivity contribution in [2.75, 3.05) is 24.2 Å². The zero-order valence-electron chi connectivity index (χ0n) is 9.03. The molecule has 78 valence electrons. The van der Waals surface area contributed by atoms with E-state index in [-0.39, 0.29) is 0 Å². The summed E-state index contributed by atoms with van der Waals surface area (Å²) < 4.78 is 0. The molecule has 0 aliphatic heterocycles. The molecule has 2 heteroatoms. The van der Waals surface area contributed by atoms with Crippen molar-refractivity contribution < 1.29 is 0 Å². The van der Waals surface area contributed by atoms with Crippen LogP contribution in [0, 0.1) is 0 Å². The van der Waals surface area contributed by atoms with Gasteiger partial charge in [0.05, 0.1) is 0 Å². The molecule has 0 unspecified atom stereocenters. The maximum atomic E-state index is 4.22. The number of hydrogen-bond donors (Lipinski definition) is 1. The molecule has 0 amide bonds. The Kier molecular flexibility index (Phi) is 4.88. The van der Waals surface area contributed by atoms with Crippen LogP contribution in [-0.4, -0.2) is 19.3 Å². The molecule has 1 rings (SSSR count). The molecule has 0 heterocycles. The van der Waals surface area contributed by atoms with Gasteiger partial charge in [0, 0.05) is 25.0 Å². The second-order valence-corrected chi connectivity index (χ2v) is 4.01. The van der Waals surface area contributed by atoms with E-state index < -0.39 is 0 Å². The third kappa shape index (κ3) is 3.26. The van der Waals surface area contributed by atoms with Crippen molar-refractivity contribution in [3.05, 3.63) is 29.8 Å². The molecule has 1 aromatic carbocycles. The highest BCUT2D eigenvalue weighted by Gasteiger charge is 1.98. The molecule has 0 bridgehead atoms. The molecule has 0 saturated carbocycles. The Morgan fingerprint density at radius 2 is 1.86 bits per heavy atom. The molecule has 0 saturated heterocycles. The lowest BCUT2D eigenvalue weighted by Gasteiger charge is -2.18. The highest BCUT2D eigenvalue weighted by molar-refractivity contribution is 7.80. The minimum Gasteiger partial charge on any atom is -0.374 e. The van der Waals surface area contributed by atoms with E-state index in [0.717, 1.165) is 12.3 Å². The molecule has 0 atom stereocenters. The Morgan fingerprint density at radius 1 is 1.21 bits per heavy atom. The number of benzene rings is 1. The van der Waals surface area contributed by atoms with Crippen LogP contribution < -0.4 is 4.90 Å². The summed E-state index contributed by atoms with van der Waals surface area (Å²) in [6.07, 6.45) is 2.39. The fraction of sp³-hybridized carbons (Fsp3) is 0.500. The molecule has 14 heavy (non-hydrogen) atoms. The van der Waals surface area contributed by atoms with Crippen LogP contribution in [0.3, 0.4) is 0 Å². The Morgan fingerprint density at radius 3 is 2.36 bits per heavy atom. The van der Waals surface area contributed by atoms with Crippen LogP contribution in [0.15, 0.2) is 24.3 Å². The largest absolute Gasteiger partial charge is 0.374 e. The van der Waals surface area contributed by atoms with Gasteiger partial charge in [0.15, 0.2) is 0 Å². The fourth-order valence-electron chi connectivity index (χ4n) is 1.48. The number of aryl methyl sites for hydroxylation is 1. The van der Waals surface area contributed by atoms with E-state index in [9.17, 15) is 0 Å². The Hall–Kier alpha value is -0.630. The molecule has 0 aromatic heterocycles. The van der Waals surface area contributed by atoms with Gasteiger partial charge in [0.2, 0.25) is 0 Å². The summed E-state index contributed by atoms with van der Waals surface area (Å²) in [4.78, 5) is 2.22. The lowest BCUT2D eigenvalue weighted by Crippen LogP contribution is -2.19. The maximum absolute atomic E-state index is 4.22. The summed E-state index contributed by atoms with van der Waals surface area (Å²) in [6.45, 7) is 3.21. The Balaban J connectivity index is 2.62. The number of hydrogen-bond acceptors (Lipinski definition) is 2. The van der Waals surface area contributed by atoms with E-state index in [1.54, 1.807) is 0 Å². The highest BCUT2D eigenvalue weighted by Crippen LogP contribution is 2.14. The van der Waals surface area contributed by atoms with Crippen molar-refractivity contribution in [2.24, 2.45) is 0 Å². The zero-order chi connectivity index (χ0) is 10.4. The van der Waals surface area contributed by atoms with Gasteiger partial charge in [-0.1, -0.05) is 25.5 Å². The van der Waals surface area contributed by atoms with Crippen LogP contribution in [0.25, 0.3) is 0 Å². The SMILES string of the molecule is CCCc1ccc(N(C)CCS)cc1. The fourth-order valence-corrected chi connectivity index (χ4v) is 1.78. The van der Waals surface area contributed by atoms with E-state index in [1.165, 1.54) is 24.1 Å². The molecule has 0 aliphatic carbocycles. The third-order valence-corrected chi connectivity index (χ3v) is 2.55. The molecule has 1 nitrogen and oxygen atoms in total. The monoisotopic (exact) mass is 209 g/mol. The van der Waals surface area contributed by atoms with E-state index in [2.05, 4.69) is 55.8 Å². The lowest BCUT2D eigenvalue weighted by molar-refractivity contribution is 0.919. The Labute approximate surface area is 92.5 Å². The minimum absolute atomic E-state index is 0.896. The molecule has 0 fully saturated rings. The molecule has 1 aromatic rings. The summed E-state index contributed by atoms with van der Waals surface area (Å²) >= 11 is 4.22.